The summed E-state index contributed by atoms with van der Waals surface area (Å²) < 4.78 is 5.50. The molecule has 6 nitrogen and oxygen atoms in total. The first-order valence-corrected chi connectivity index (χ1v) is 12.3. The van der Waals surface area contributed by atoms with Crippen LogP contribution in [-0.2, 0) is 0 Å². The highest BCUT2D eigenvalue weighted by atomic mass is 16.5. The first-order chi connectivity index (χ1) is 17.0. The first-order valence-electron chi connectivity index (χ1n) is 12.3. The molecule has 1 fully saturated rings. The lowest BCUT2D eigenvalue weighted by atomic mass is 9.77. The molecule has 0 unspecified atom stereocenters. The fourth-order valence-corrected chi connectivity index (χ4v) is 4.50. The van der Waals surface area contributed by atoms with E-state index in [1.54, 1.807) is 36.4 Å². The lowest BCUT2D eigenvalue weighted by Gasteiger charge is -2.29. The van der Waals surface area contributed by atoms with Gasteiger partial charge in [-0.25, -0.2) is 9.79 Å². The van der Waals surface area contributed by atoms with Crippen molar-refractivity contribution >= 4 is 12.2 Å². The molecule has 0 aromatic heterocycles. The summed E-state index contributed by atoms with van der Waals surface area (Å²) in [5.74, 6) is 1.46. The molecule has 0 aliphatic heterocycles. The summed E-state index contributed by atoms with van der Waals surface area (Å²) in [6, 6.07) is 18.0. The van der Waals surface area contributed by atoms with E-state index in [0.717, 1.165) is 5.92 Å². The summed E-state index contributed by atoms with van der Waals surface area (Å²) in [6.07, 6.45) is 11.8. The zero-order chi connectivity index (χ0) is 25.0. The second kappa shape index (κ2) is 13.1. The van der Waals surface area contributed by atoms with E-state index in [1.807, 2.05) is 12.1 Å². The Hall–Kier alpha value is -3.90. The van der Waals surface area contributed by atoms with Crippen LogP contribution >= 0.6 is 0 Å². The molecule has 6 heteroatoms. The van der Waals surface area contributed by atoms with Crippen LogP contribution in [0.5, 0.6) is 5.75 Å². The van der Waals surface area contributed by atoms with E-state index in [9.17, 15) is 4.79 Å². The summed E-state index contributed by atoms with van der Waals surface area (Å²) in [4.78, 5) is 16.5. The van der Waals surface area contributed by atoms with Crippen molar-refractivity contribution in [2.24, 2.45) is 16.6 Å². The van der Waals surface area contributed by atoms with Crippen LogP contribution in [0.4, 0.5) is 0 Å². The second-order valence-electron chi connectivity index (χ2n) is 9.04. The highest BCUT2D eigenvalue weighted by Gasteiger charge is 2.22. The summed E-state index contributed by atoms with van der Waals surface area (Å²) >= 11 is 0. The number of hydrogen-bond donors (Lipinski definition) is 1. The third kappa shape index (κ3) is 7.55. The van der Waals surface area contributed by atoms with Gasteiger partial charge in [0.25, 0.3) is 0 Å². The van der Waals surface area contributed by atoms with E-state index < -0.39 is 5.97 Å². The molecular formula is C29H32N4O2. The van der Waals surface area contributed by atoms with Gasteiger partial charge >= 0.3 is 5.97 Å². The van der Waals surface area contributed by atoms with Gasteiger partial charge in [-0.1, -0.05) is 44.7 Å². The maximum atomic E-state index is 12.6. The van der Waals surface area contributed by atoms with Gasteiger partial charge in [0.2, 0.25) is 0 Å². The fraction of sp³-hybridized carbons (Fsp3) is 0.379. The zero-order valence-corrected chi connectivity index (χ0v) is 20.2. The van der Waals surface area contributed by atoms with Crippen LogP contribution in [0, 0.1) is 28.6 Å². The minimum absolute atomic E-state index is 0.147. The quantitative estimate of drug-likeness (QED) is 0.150. The van der Waals surface area contributed by atoms with Crippen molar-refractivity contribution in [3.8, 4) is 17.9 Å². The molecule has 0 amide bonds. The summed E-state index contributed by atoms with van der Waals surface area (Å²) in [5.41, 5.74) is 7.54. The van der Waals surface area contributed by atoms with Crippen molar-refractivity contribution in [3.63, 3.8) is 0 Å². The number of nitrogens with zero attached hydrogens (tertiary/aromatic N) is 3. The first kappa shape index (κ1) is 25.7. The van der Waals surface area contributed by atoms with Gasteiger partial charge < -0.3 is 10.5 Å². The molecule has 0 saturated heterocycles. The fourth-order valence-electron chi connectivity index (χ4n) is 4.50. The Bertz CT molecular complexity index is 1130. The molecular weight excluding hydrogens is 436 g/mol. The van der Waals surface area contributed by atoms with Crippen LogP contribution in [0.15, 0.2) is 64.9 Å². The van der Waals surface area contributed by atoms with Crippen molar-refractivity contribution in [2.75, 3.05) is 0 Å². The predicted molar refractivity (Wildman–Crippen MR) is 137 cm³/mol. The average Bonchev–Trinajstić information content (AvgIpc) is 2.90. The number of aliphatic imine (C=N–C) groups is 1. The minimum atomic E-state index is -0.408. The molecule has 1 aliphatic rings. The Morgan fingerprint density at radius 1 is 1.03 bits per heavy atom. The normalized spacial score (nSPS) is 18.4. The van der Waals surface area contributed by atoms with E-state index in [1.165, 1.54) is 63.1 Å². The van der Waals surface area contributed by atoms with Crippen LogP contribution in [0.1, 0.15) is 85.7 Å². The maximum Gasteiger partial charge on any atom is 0.343 e. The lowest BCUT2D eigenvalue weighted by Crippen LogP contribution is -2.14. The van der Waals surface area contributed by atoms with E-state index in [-0.39, 0.29) is 11.4 Å². The molecule has 2 aromatic rings. The monoisotopic (exact) mass is 468 g/mol. The molecule has 180 valence electrons. The SMILES string of the molecule is CCCCCC1CCC(c2ccc(C(=O)Oc3ccc(C=NC(C#N)=C(N)C#N)cc3)cc2)CC1. The van der Waals surface area contributed by atoms with Gasteiger partial charge in [-0.3, -0.25) is 0 Å². The van der Waals surface area contributed by atoms with Gasteiger partial charge in [-0.2, -0.15) is 10.5 Å². The van der Waals surface area contributed by atoms with Crippen molar-refractivity contribution in [3.05, 3.63) is 76.6 Å². The van der Waals surface area contributed by atoms with E-state index in [2.05, 4.69) is 24.0 Å². The molecule has 0 spiro atoms. The molecule has 0 bridgehead atoms. The molecule has 1 saturated carbocycles. The number of rotatable bonds is 9. The highest BCUT2D eigenvalue weighted by molar-refractivity contribution is 5.91. The smallest absolute Gasteiger partial charge is 0.343 e. The molecule has 0 radical (unpaired) electrons. The van der Waals surface area contributed by atoms with E-state index in [4.69, 9.17) is 21.0 Å². The van der Waals surface area contributed by atoms with Crippen molar-refractivity contribution < 1.29 is 9.53 Å². The number of carbonyl (C=O) groups excluding carboxylic acids is 1. The van der Waals surface area contributed by atoms with Crippen molar-refractivity contribution in [1.29, 1.82) is 10.5 Å². The number of carbonyl (C=O) groups is 1. The van der Waals surface area contributed by atoms with Gasteiger partial charge in [0.15, 0.2) is 5.70 Å². The molecule has 3 rings (SSSR count). The number of nitriles is 2. The van der Waals surface area contributed by atoms with Crippen LogP contribution in [0.3, 0.4) is 0 Å². The van der Waals surface area contributed by atoms with E-state index >= 15 is 0 Å². The van der Waals surface area contributed by atoms with Gasteiger partial charge in [-0.15, -0.1) is 0 Å². The number of benzene rings is 2. The maximum absolute atomic E-state index is 12.6. The highest BCUT2D eigenvalue weighted by Crippen LogP contribution is 2.37. The van der Waals surface area contributed by atoms with Crippen molar-refractivity contribution in [2.45, 2.75) is 64.2 Å². The summed E-state index contributed by atoms with van der Waals surface area (Å²) in [7, 11) is 0. The average molecular weight is 469 g/mol. The Labute approximate surface area is 207 Å². The second-order valence-corrected chi connectivity index (χ2v) is 9.04. The Kier molecular flexibility index (Phi) is 9.63. The van der Waals surface area contributed by atoms with Crippen LogP contribution in [0.25, 0.3) is 0 Å². The van der Waals surface area contributed by atoms with Crippen LogP contribution in [0.2, 0.25) is 0 Å². The Morgan fingerprint density at radius 2 is 1.71 bits per heavy atom. The third-order valence-corrected chi connectivity index (χ3v) is 6.60. The van der Waals surface area contributed by atoms with Gasteiger partial charge in [0.1, 0.15) is 23.6 Å². The standard InChI is InChI=1S/C29H32N4O2/c1-2-3-4-5-21-6-10-23(11-7-21)24-12-14-25(15-13-24)29(34)35-26-16-8-22(9-17-26)20-33-28(19-31)27(32)18-30/h8-9,12-17,20-21,23H,2-7,10-11,32H2,1H3. The molecule has 1 aliphatic carbocycles. The molecule has 2 aromatic carbocycles. The molecule has 2 N–H and O–H groups in total. The number of hydrogen-bond acceptors (Lipinski definition) is 6. The molecule has 0 atom stereocenters. The van der Waals surface area contributed by atoms with Gasteiger partial charge in [0.05, 0.1) is 5.56 Å². The van der Waals surface area contributed by atoms with Gasteiger partial charge in [-0.05, 0) is 85.0 Å². The van der Waals surface area contributed by atoms with Crippen LogP contribution < -0.4 is 10.5 Å². The number of ether oxygens (including phenoxy) is 1. The number of esters is 1. The van der Waals surface area contributed by atoms with E-state index in [0.29, 0.717) is 22.8 Å². The van der Waals surface area contributed by atoms with Crippen molar-refractivity contribution in [1.82, 2.24) is 0 Å². The van der Waals surface area contributed by atoms with Crippen LogP contribution in [-0.4, -0.2) is 12.2 Å². The number of allylic oxidation sites excluding steroid dienone is 2. The lowest BCUT2D eigenvalue weighted by molar-refractivity contribution is 0.0734. The zero-order valence-electron chi connectivity index (χ0n) is 20.2. The predicted octanol–water partition coefficient (Wildman–Crippen LogP) is 6.40. The molecule has 35 heavy (non-hydrogen) atoms. The summed E-state index contributed by atoms with van der Waals surface area (Å²) in [6.45, 7) is 2.26. The topological polar surface area (TPSA) is 112 Å². The largest absolute Gasteiger partial charge is 0.423 e. The van der Waals surface area contributed by atoms with Gasteiger partial charge in [0, 0.05) is 6.21 Å². The number of unbranched alkanes of at least 4 members (excludes halogenated alkanes) is 2. The Morgan fingerprint density at radius 3 is 2.31 bits per heavy atom. The molecule has 0 heterocycles. The summed E-state index contributed by atoms with van der Waals surface area (Å²) in [5, 5.41) is 17.8. The number of nitrogens with two attached hydrogens (primary N) is 1. The Balaban J connectivity index is 1.53. The minimum Gasteiger partial charge on any atom is -0.423 e. The third-order valence-electron chi connectivity index (χ3n) is 6.60.